The molecule has 29 heavy (non-hydrogen) atoms. The number of rotatable bonds is 10. The monoisotopic (exact) mass is 429 g/mol. The number of carbonyl (C=O) groups excluding carboxylic acids is 1. The van der Waals surface area contributed by atoms with Gasteiger partial charge in [0, 0.05) is 18.7 Å². The van der Waals surface area contributed by atoms with E-state index in [1.165, 1.54) is 4.70 Å². The third-order valence-corrected chi connectivity index (χ3v) is 6.93. The quantitative estimate of drug-likeness (QED) is 0.377. The smallest absolute Gasteiger partial charge is 0.220 e. The summed E-state index contributed by atoms with van der Waals surface area (Å²) in [5.74, 6) is 1.82. The Hall–Kier alpha value is -2.09. The van der Waals surface area contributed by atoms with Crippen LogP contribution in [0.2, 0.25) is 0 Å². The molecule has 1 atom stereocenters. The first-order valence-corrected chi connectivity index (χ1v) is 11.4. The van der Waals surface area contributed by atoms with E-state index in [4.69, 9.17) is 4.74 Å². The molecule has 0 spiro atoms. The van der Waals surface area contributed by atoms with Crippen LogP contribution in [0.4, 0.5) is 0 Å². The van der Waals surface area contributed by atoms with Gasteiger partial charge in [0.05, 0.1) is 23.4 Å². The van der Waals surface area contributed by atoms with Crippen molar-refractivity contribution in [2.45, 2.75) is 23.2 Å². The number of thioether (sulfide) groups is 1. The number of carbonyl (C=O) groups is 1. The summed E-state index contributed by atoms with van der Waals surface area (Å²) >= 11 is 3.44. The van der Waals surface area contributed by atoms with Crippen LogP contribution in [0, 0.1) is 0 Å². The van der Waals surface area contributed by atoms with Gasteiger partial charge in [-0.15, -0.1) is 11.3 Å². The fraction of sp³-hybridized carbons (Fsp3) is 0.364. The molecule has 3 rings (SSSR count). The fourth-order valence-electron chi connectivity index (χ4n) is 3.03. The van der Waals surface area contributed by atoms with Gasteiger partial charge in [0.1, 0.15) is 5.75 Å². The Kier molecular flexibility index (Phi) is 7.91. The number of hydrogen-bond donors (Lipinski definition) is 1. The molecule has 0 unspecified atom stereocenters. The number of para-hydroxylation sites is 1. The van der Waals surface area contributed by atoms with Crippen molar-refractivity contribution < 1.29 is 9.53 Å². The van der Waals surface area contributed by atoms with Gasteiger partial charge in [-0.05, 0) is 50.3 Å². The van der Waals surface area contributed by atoms with Crippen molar-refractivity contribution in [1.29, 1.82) is 0 Å². The van der Waals surface area contributed by atoms with Gasteiger partial charge >= 0.3 is 0 Å². The summed E-state index contributed by atoms with van der Waals surface area (Å²) in [6.45, 7) is 0.586. The van der Waals surface area contributed by atoms with Crippen molar-refractivity contribution >= 4 is 39.2 Å². The second-order valence-electron chi connectivity index (χ2n) is 6.96. The first-order valence-electron chi connectivity index (χ1n) is 9.62. The predicted molar refractivity (Wildman–Crippen MR) is 122 cm³/mol. The molecular formula is C22H27N3O2S2. The van der Waals surface area contributed by atoms with Crippen LogP contribution >= 0.6 is 23.1 Å². The van der Waals surface area contributed by atoms with E-state index >= 15 is 0 Å². The molecule has 0 aliphatic rings. The Morgan fingerprint density at radius 3 is 2.66 bits per heavy atom. The second-order valence-corrected chi connectivity index (χ2v) is 9.33. The van der Waals surface area contributed by atoms with Gasteiger partial charge < -0.3 is 15.0 Å². The van der Waals surface area contributed by atoms with E-state index in [1.54, 1.807) is 30.2 Å². The molecule has 0 bridgehead atoms. The SMILES string of the molecule is COc1ccc([C@H](CNC(=O)CCCSc2nc3ccccc3s2)N(C)C)cc1. The lowest BCUT2D eigenvalue weighted by molar-refractivity contribution is -0.121. The average Bonchev–Trinajstić information content (AvgIpc) is 3.14. The van der Waals surface area contributed by atoms with Crippen LogP contribution in [-0.4, -0.2) is 49.3 Å². The number of methoxy groups -OCH3 is 1. The zero-order chi connectivity index (χ0) is 20.6. The number of benzene rings is 2. The molecule has 0 aliphatic carbocycles. The molecule has 2 aromatic carbocycles. The Labute approximate surface area is 180 Å². The Bertz CT molecular complexity index is 892. The van der Waals surface area contributed by atoms with Crippen molar-refractivity contribution in [3.8, 4) is 5.75 Å². The number of amides is 1. The third kappa shape index (κ3) is 6.19. The largest absolute Gasteiger partial charge is 0.497 e. The number of hydrogen-bond acceptors (Lipinski definition) is 6. The number of fused-ring (bicyclic) bond motifs is 1. The van der Waals surface area contributed by atoms with E-state index in [0.717, 1.165) is 33.3 Å². The van der Waals surface area contributed by atoms with E-state index in [2.05, 4.69) is 21.3 Å². The van der Waals surface area contributed by atoms with Crippen LogP contribution < -0.4 is 10.1 Å². The molecule has 5 nitrogen and oxygen atoms in total. The lowest BCUT2D eigenvalue weighted by Gasteiger charge is -2.25. The Morgan fingerprint density at radius 2 is 1.97 bits per heavy atom. The van der Waals surface area contributed by atoms with Gasteiger partial charge in [-0.2, -0.15) is 0 Å². The number of likely N-dealkylation sites (N-methyl/N-ethyl adjacent to an activating group) is 1. The van der Waals surface area contributed by atoms with E-state index in [0.29, 0.717) is 13.0 Å². The standard InChI is InChI=1S/C22H27N3O2S2/c1-25(2)19(16-10-12-17(27-3)13-11-16)15-23-21(26)9-6-14-28-22-24-18-7-4-5-8-20(18)29-22/h4-5,7-8,10-13,19H,6,9,14-15H2,1-3H3,(H,23,26)/t19-/m0/s1. The van der Waals surface area contributed by atoms with Crippen molar-refractivity contribution in [2.75, 3.05) is 33.5 Å². The van der Waals surface area contributed by atoms with E-state index < -0.39 is 0 Å². The van der Waals surface area contributed by atoms with Crippen LogP contribution in [0.5, 0.6) is 5.75 Å². The molecule has 0 fully saturated rings. The maximum absolute atomic E-state index is 12.3. The van der Waals surface area contributed by atoms with Gasteiger partial charge in [-0.25, -0.2) is 4.98 Å². The first kappa shape index (κ1) is 21.6. The molecule has 1 amide bonds. The molecular weight excluding hydrogens is 402 g/mol. The maximum Gasteiger partial charge on any atom is 0.220 e. The molecule has 1 N–H and O–H groups in total. The number of nitrogens with zero attached hydrogens (tertiary/aromatic N) is 2. The van der Waals surface area contributed by atoms with E-state index in [9.17, 15) is 4.79 Å². The molecule has 0 radical (unpaired) electrons. The number of thiazole rings is 1. The first-order chi connectivity index (χ1) is 14.1. The summed E-state index contributed by atoms with van der Waals surface area (Å²) < 4.78 is 7.50. The summed E-state index contributed by atoms with van der Waals surface area (Å²) in [6.07, 6.45) is 1.36. The highest BCUT2D eigenvalue weighted by Gasteiger charge is 2.15. The van der Waals surface area contributed by atoms with Crippen LogP contribution in [-0.2, 0) is 4.79 Å². The number of ether oxygens (including phenoxy) is 1. The molecule has 7 heteroatoms. The molecule has 0 saturated heterocycles. The fourth-order valence-corrected chi connectivity index (χ4v) is 5.11. The van der Waals surface area contributed by atoms with E-state index in [1.807, 2.05) is 56.6 Å². The highest BCUT2D eigenvalue weighted by atomic mass is 32.2. The topological polar surface area (TPSA) is 54.5 Å². The summed E-state index contributed by atoms with van der Waals surface area (Å²) in [6, 6.07) is 16.3. The van der Waals surface area contributed by atoms with Crippen molar-refractivity contribution in [1.82, 2.24) is 15.2 Å². The zero-order valence-electron chi connectivity index (χ0n) is 17.1. The molecule has 154 valence electrons. The minimum absolute atomic E-state index is 0.0928. The summed E-state index contributed by atoms with van der Waals surface area (Å²) in [4.78, 5) is 19.0. The minimum Gasteiger partial charge on any atom is -0.497 e. The molecule has 0 aliphatic heterocycles. The van der Waals surface area contributed by atoms with Crippen LogP contribution in [0.3, 0.4) is 0 Å². The van der Waals surface area contributed by atoms with Gasteiger partial charge in [0.25, 0.3) is 0 Å². The van der Waals surface area contributed by atoms with Gasteiger partial charge in [-0.1, -0.05) is 36.0 Å². The highest BCUT2D eigenvalue weighted by Crippen LogP contribution is 2.29. The summed E-state index contributed by atoms with van der Waals surface area (Å²) in [5.41, 5.74) is 2.20. The highest BCUT2D eigenvalue weighted by molar-refractivity contribution is 8.01. The van der Waals surface area contributed by atoms with Gasteiger partial charge in [0.15, 0.2) is 4.34 Å². The molecule has 1 heterocycles. The Morgan fingerprint density at radius 1 is 1.21 bits per heavy atom. The normalized spacial score (nSPS) is 12.3. The van der Waals surface area contributed by atoms with Crippen LogP contribution in [0.1, 0.15) is 24.4 Å². The van der Waals surface area contributed by atoms with E-state index in [-0.39, 0.29) is 11.9 Å². The van der Waals surface area contributed by atoms with Crippen LogP contribution in [0.25, 0.3) is 10.2 Å². The van der Waals surface area contributed by atoms with Gasteiger partial charge in [-0.3, -0.25) is 4.79 Å². The lowest BCUT2D eigenvalue weighted by Crippen LogP contribution is -2.34. The number of aromatic nitrogens is 1. The molecule has 3 aromatic rings. The summed E-state index contributed by atoms with van der Waals surface area (Å²) in [7, 11) is 5.71. The van der Waals surface area contributed by atoms with Crippen molar-refractivity contribution in [3.05, 3.63) is 54.1 Å². The van der Waals surface area contributed by atoms with Crippen molar-refractivity contribution in [3.63, 3.8) is 0 Å². The lowest BCUT2D eigenvalue weighted by atomic mass is 10.1. The molecule has 1 aromatic heterocycles. The number of nitrogens with one attached hydrogen (secondary N) is 1. The zero-order valence-corrected chi connectivity index (χ0v) is 18.7. The van der Waals surface area contributed by atoms with Crippen LogP contribution in [0.15, 0.2) is 52.9 Å². The van der Waals surface area contributed by atoms with Gasteiger partial charge in [0.2, 0.25) is 5.91 Å². The maximum atomic E-state index is 12.3. The molecule has 0 saturated carbocycles. The Balaban J connectivity index is 1.41. The van der Waals surface area contributed by atoms with Crippen molar-refractivity contribution in [2.24, 2.45) is 0 Å². The summed E-state index contributed by atoms with van der Waals surface area (Å²) in [5, 5.41) is 3.08. The average molecular weight is 430 g/mol. The second kappa shape index (κ2) is 10.6. The predicted octanol–water partition coefficient (Wildman–Crippen LogP) is 4.60. The minimum atomic E-state index is 0.0928. The third-order valence-electron chi connectivity index (χ3n) is 4.66.